The van der Waals surface area contributed by atoms with Gasteiger partial charge in [-0.15, -0.1) is 0 Å². The zero-order valence-electron chi connectivity index (χ0n) is 16.6. The van der Waals surface area contributed by atoms with E-state index >= 15 is 0 Å². The van der Waals surface area contributed by atoms with Crippen molar-refractivity contribution in [2.24, 2.45) is 0 Å². The number of carboxylic acid groups (broad SMARTS) is 2. The fourth-order valence-corrected chi connectivity index (χ4v) is 2.60. The van der Waals surface area contributed by atoms with E-state index in [0.717, 1.165) is 38.3 Å². The van der Waals surface area contributed by atoms with Crippen LogP contribution in [-0.2, 0) is 14.4 Å². The summed E-state index contributed by atoms with van der Waals surface area (Å²) in [5.74, 6) is -2.64. The molecule has 0 aromatic heterocycles. The summed E-state index contributed by atoms with van der Waals surface area (Å²) in [6.07, 6.45) is 0.968. The van der Waals surface area contributed by atoms with Crippen molar-refractivity contribution < 1.29 is 29.3 Å². The van der Waals surface area contributed by atoms with E-state index in [1.165, 1.54) is 5.69 Å². The number of hydrogen-bond acceptors (Lipinski definition) is 6. The first-order chi connectivity index (χ1) is 13.3. The second kappa shape index (κ2) is 11.8. The minimum absolute atomic E-state index is 0.129. The van der Waals surface area contributed by atoms with E-state index in [0.29, 0.717) is 6.54 Å². The Labute approximate surface area is 164 Å². The fraction of sp³-hybridized carbons (Fsp3) is 0.526. The maximum absolute atomic E-state index is 11.9. The van der Waals surface area contributed by atoms with E-state index in [9.17, 15) is 4.79 Å². The van der Waals surface area contributed by atoms with Crippen molar-refractivity contribution in [1.82, 2.24) is 10.2 Å². The molecule has 1 saturated heterocycles. The van der Waals surface area contributed by atoms with E-state index in [-0.39, 0.29) is 11.9 Å². The molecular formula is C19H29N3O6. The highest BCUT2D eigenvalue weighted by Crippen LogP contribution is 2.21. The largest absolute Gasteiger partial charge is 0.497 e. The Hall–Kier alpha value is -2.81. The number of rotatable bonds is 6. The summed E-state index contributed by atoms with van der Waals surface area (Å²) in [5, 5.41) is 17.8. The zero-order chi connectivity index (χ0) is 21.1. The number of aliphatic carboxylic acids is 2. The van der Waals surface area contributed by atoms with Crippen LogP contribution >= 0.6 is 0 Å². The molecular weight excluding hydrogens is 366 g/mol. The molecule has 1 amide bonds. The lowest BCUT2D eigenvalue weighted by molar-refractivity contribution is -0.159. The fourth-order valence-electron chi connectivity index (χ4n) is 2.60. The van der Waals surface area contributed by atoms with Crippen LogP contribution in [0.25, 0.3) is 0 Å². The molecule has 3 N–H and O–H groups in total. The Morgan fingerprint density at radius 1 is 1.14 bits per heavy atom. The normalized spacial score (nSPS) is 15.0. The number of amides is 1. The maximum atomic E-state index is 11.9. The number of nitrogens with one attached hydrogen (secondary N) is 1. The highest BCUT2D eigenvalue weighted by atomic mass is 16.5. The number of hydrogen-bond donors (Lipinski definition) is 3. The summed E-state index contributed by atoms with van der Waals surface area (Å²) in [6, 6.07) is 8.39. The molecule has 156 valence electrons. The van der Waals surface area contributed by atoms with E-state index in [1.807, 2.05) is 19.1 Å². The van der Waals surface area contributed by atoms with E-state index in [2.05, 4.69) is 34.2 Å². The smallest absolute Gasteiger partial charge is 0.414 e. The highest BCUT2D eigenvalue weighted by Gasteiger charge is 2.19. The zero-order valence-corrected chi connectivity index (χ0v) is 16.6. The molecule has 0 spiro atoms. The second-order valence-corrected chi connectivity index (χ2v) is 6.45. The quantitative estimate of drug-likeness (QED) is 0.608. The topological polar surface area (TPSA) is 119 Å². The van der Waals surface area contributed by atoms with Crippen molar-refractivity contribution in [2.45, 2.75) is 26.3 Å². The average Bonchev–Trinajstić information content (AvgIpc) is 2.68. The second-order valence-electron chi connectivity index (χ2n) is 6.45. The molecule has 9 nitrogen and oxygen atoms in total. The molecule has 1 aromatic rings. The molecule has 0 radical (unpaired) electrons. The van der Waals surface area contributed by atoms with Gasteiger partial charge in [-0.05, 0) is 25.5 Å². The Morgan fingerprint density at radius 2 is 1.75 bits per heavy atom. The molecule has 1 atom stereocenters. The van der Waals surface area contributed by atoms with Crippen LogP contribution in [0, 0.1) is 0 Å². The van der Waals surface area contributed by atoms with E-state index in [1.54, 1.807) is 7.11 Å². The van der Waals surface area contributed by atoms with Crippen LogP contribution in [0.15, 0.2) is 24.3 Å². The summed E-state index contributed by atoms with van der Waals surface area (Å²) in [5.41, 5.74) is 1.18. The maximum Gasteiger partial charge on any atom is 0.414 e. The van der Waals surface area contributed by atoms with Gasteiger partial charge in [-0.2, -0.15) is 0 Å². The predicted molar refractivity (Wildman–Crippen MR) is 105 cm³/mol. The third-order valence-electron chi connectivity index (χ3n) is 4.36. The number of benzene rings is 1. The van der Waals surface area contributed by atoms with Crippen molar-refractivity contribution in [3.8, 4) is 5.75 Å². The van der Waals surface area contributed by atoms with Gasteiger partial charge in [0.15, 0.2) is 0 Å². The first-order valence-corrected chi connectivity index (χ1v) is 9.13. The van der Waals surface area contributed by atoms with Crippen molar-refractivity contribution in [3.63, 3.8) is 0 Å². The number of carboxylic acids is 2. The summed E-state index contributed by atoms with van der Waals surface area (Å²) >= 11 is 0. The van der Waals surface area contributed by atoms with Crippen LogP contribution in [0.3, 0.4) is 0 Å². The van der Waals surface area contributed by atoms with Crippen molar-refractivity contribution in [3.05, 3.63) is 24.3 Å². The lowest BCUT2D eigenvalue weighted by atomic mass is 10.2. The Bertz CT molecular complexity index is 647. The third-order valence-corrected chi connectivity index (χ3v) is 4.36. The summed E-state index contributed by atoms with van der Waals surface area (Å²) in [7, 11) is 1.69. The van der Waals surface area contributed by atoms with Crippen molar-refractivity contribution >= 4 is 23.5 Å². The number of carbonyl (C=O) groups excluding carboxylic acids is 1. The number of ether oxygens (including phenoxy) is 1. The number of carbonyl (C=O) groups is 3. The summed E-state index contributed by atoms with van der Waals surface area (Å²) < 4.78 is 5.28. The first-order valence-electron chi connectivity index (χ1n) is 9.13. The van der Waals surface area contributed by atoms with Crippen LogP contribution in [0.5, 0.6) is 5.75 Å². The number of nitrogens with zero attached hydrogens (tertiary/aromatic N) is 2. The minimum Gasteiger partial charge on any atom is -0.497 e. The highest BCUT2D eigenvalue weighted by molar-refractivity contribution is 6.27. The van der Waals surface area contributed by atoms with Crippen molar-refractivity contribution in [1.29, 1.82) is 0 Å². The van der Waals surface area contributed by atoms with Gasteiger partial charge in [-0.3, -0.25) is 9.69 Å². The third kappa shape index (κ3) is 8.26. The van der Waals surface area contributed by atoms with Gasteiger partial charge in [0.2, 0.25) is 5.91 Å². The number of piperazine rings is 1. The minimum atomic E-state index is -1.82. The number of anilines is 1. The standard InChI is InChI=1S/C17H27N3O2.C2H2O4/c1-4-14(2)18-17(21)13-19-8-10-20(11-9-19)15-6-5-7-16(12-15)22-3;3-1(4)2(5)6/h5-7,12,14H,4,8-11,13H2,1-3H3,(H,18,21);(H,3,4)(H,5,6). The Morgan fingerprint density at radius 3 is 2.25 bits per heavy atom. The molecule has 0 aliphatic carbocycles. The Balaban J connectivity index is 0.000000568. The lowest BCUT2D eigenvalue weighted by Gasteiger charge is -2.36. The van der Waals surface area contributed by atoms with Gasteiger partial charge in [0.25, 0.3) is 0 Å². The van der Waals surface area contributed by atoms with Crippen molar-refractivity contribution in [2.75, 3.05) is 44.7 Å². The monoisotopic (exact) mass is 395 g/mol. The van der Waals surface area contributed by atoms with Gasteiger partial charge in [-0.1, -0.05) is 13.0 Å². The lowest BCUT2D eigenvalue weighted by Crippen LogP contribution is -2.50. The predicted octanol–water partition coefficient (Wildman–Crippen LogP) is 0.888. The molecule has 1 aliphatic rings. The molecule has 0 saturated carbocycles. The molecule has 1 unspecified atom stereocenters. The average molecular weight is 395 g/mol. The van der Waals surface area contributed by atoms with Crippen LogP contribution in [0.4, 0.5) is 5.69 Å². The summed E-state index contributed by atoms with van der Waals surface area (Å²) in [4.78, 5) is 34.7. The van der Waals surface area contributed by atoms with E-state index < -0.39 is 11.9 Å². The van der Waals surface area contributed by atoms with Crippen LogP contribution in [0.2, 0.25) is 0 Å². The first kappa shape index (κ1) is 23.2. The van der Waals surface area contributed by atoms with Gasteiger partial charge in [-0.25, -0.2) is 9.59 Å². The molecule has 1 heterocycles. The van der Waals surface area contributed by atoms with Gasteiger partial charge in [0.1, 0.15) is 5.75 Å². The summed E-state index contributed by atoms with van der Waals surface area (Å²) in [6.45, 7) is 8.30. The number of methoxy groups -OCH3 is 1. The molecule has 0 bridgehead atoms. The van der Waals surface area contributed by atoms with Gasteiger partial charge >= 0.3 is 11.9 Å². The molecule has 1 aromatic carbocycles. The molecule has 1 fully saturated rings. The van der Waals surface area contributed by atoms with Gasteiger partial charge < -0.3 is 25.2 Å². The van der Waals surface area contributed by atoms with Crippen LogP contribution in [-0.4, -0.2) is 78.8 Å². The SMILES string of the molecule is CCC(C)NC(=O)CN1CCN(c2cccc(OC)c2)CC1.O=C(O)C(=O)O. The van der Waals surface area contributed by atoms with Crippen LogP contribution < -0.4 is 15.0 Å². The van der Waals surface area contributed by atoms with E-state index in [4.69, 9.17) is 24.5 Å². The Kier molecular flexibility index (Phi) is 9.80. The molecule has 1 aliphatic heterocycles. The molecule has 9 heteroatoms. The van der Waals surface area contributed by atoms with Crippen LogP contribution in [0.1, 0.15) is 20.3 Å². The molecule has 28 heavy (non-hydrogen) atoms. The van der Waals surface area contributed by atoms with Gasteiger partial charge in [0.05, 0.1) is 13.7 Å². The van der Waals surface area contributed by atoms with Gasteiger partial charge in [0, 0.05) is 44.0 Å². The molecule has 2 rings (SSSR count).